The number of nitrogens with one attached hydrogen (secondary N) is 1. The van der Waals surface area contributed by atoms with Crippen molar-refractivity contribution in [3.63, 3.8) is 0 Å². The molecule has 178 valence electrons. The molecule has 34 heavy (non-hydrogen) atoms. The summed E-state index contributed by atoms with van der Waals surface area (Å²) in [4.78, 5) is 13.4. The lowest BCUT2D eigenvalue weighted by atomic mass is 9.96. The van der Waals surface area contributed by atoms with Gasteiger partial charge in [0.1, 0.15) is 5.75 Å². The van der Waals surface area contributed by atoms with Gasteiger partial charge < -0.3 is 10.1 Å². The van der Waals surface area contributed by atoms with Crippen LogP contribution in [-0.4, -0.2) is 27.0 Å². The molecule has 0 aliphatic carbocycles. The molecule has 6 nitrogen and oxygen atoms in total. The fourth-order valence-electron chi connectivity index (χ4n) is 4.28. The van der Waals surface area contributed by atoms with E-state index in [0.29, 0.717) is 11.4 Å². The van der Waals surface area contributed by atoms with E-state index in [4.69, 9.17) is 4.74 Å². The molecule has 1 heterocycles. The standard InChI is InChI=1S/C27H30N2O4S/c1-17-11-12-25-24(13-17)29(34(31,32)22-9-7-6-8-10-22)16-26(33-25)27(30)28-21(5)23-15-19(3)18(2)14-20(23)4/h6-15,21,26H,16H2,1-5H3,(H,28,30)/t21-,26+/m1/s1. The lowest BCUT2D eigenvalue weighted by Crippen LogP contribution is -2.51. The SMILES string of the molecule is Cc1ccc2c(c1)N(S(=O)(=O)c1ccccc1)C[C@@H](C(=O)N[C@H](C)c1cc(C)c(C)cc1C)O2. The summed E-state index contributed by atoms with van der Waals surface area (Å²) in [6.07, 6.45) is -0.983. The van der Waals surface area contributed by atoms with Crippen molar-refractivity contribution in [3.8, 4) is 5.75 Å². The average molecular weight is 479 g/mol. The van der Waals surface area contributed by atoms with Crippen molar-refractivity contribution < 1.29 is 17.9 Å². The fraction of sp³-hybridized carbons (Fsp3) is 0.296. The largest absolute Gasteiger partial charge is 0.476 e. The summed E-state index contributed by atoms with van der Waals surface area (Å²) in [6.45, 7) is 9.83. The molecule has 0 fully saturated rings. The third kappa shape index (κ3) is 4.53. The van der Waals surface area contributed by atoms with E-state index in [0.717, 1.165) is 22.3 Å². The van der Waals surface area contributed by atoms with E-state index < -0.39 is 16.1 Å². The molecule has 0 spiro atoms. The number of fused-ring (bicyclic) bond motifs is 1. The van der Waals surface area contributed by atoms with E-state index in [2.05, 4.69) is 24.4 Å². The smallest absolute Gasteiger partial charge is 0.264 e. The number of benzene rings is 3. The first kappa shape index (κ1) is 23.8. The maximum absolute atomic E-state index is 13.5. The third-order valence-corrected chi connectivity index (χ3v) is 8.11. The van der Waals surface area contributed by atoms with Gasteiger partial charge in [-0.1, -0.05) is 36.4 Å². The predicted octanol–water partition coefficient (Wildman–Crippen LogP) is 4.75. The van der Waals surface area contributed by atoms with Gasteiger partial charge in [-0.15, -0.1) is 0 Å². The number of amides is 1. The van der Waals surface area contributed by atoms with Crippen LogP contribution in [0.5, 0.6) is 5.75 Å². The summed E-state index contributed by atoms with van der Waals surface area (Å²) < 4.78 is 34.3. The van der Waals surface area contributed by atoms with Gasteiger partial charge in [0, 0.05) is 0 Å². The van der Waals surface area contributed by atoms with E-state index >= 15 is 0 Å². The molecule has 0 aromatic heterocycles. The molecule has 0 saturated carbocycles. The highest BCUT2D eigenvalue weighted by Crippen LogP contribution is 2.38. The van der Waals surface area contributed by atoms with Crippen molar-refractivity contribution in [1.29, 1.82) is 0 Å². The molecule has 1 N–H and O–H groups in total. The Morgan fingerprint density at radius 1 is 0.971 bits per heavy atom. The lowest BCUT2D eigenvalue weighted by molar-refractivity contribution is -0.128. The minimum Gasteiger partial charge on any atom is -0.476 e. The van der Waals surface area contributed by atoms with Gasteiger partial charge in [0.15, 0.2) is 6.10 Å². The number of hydrogen-bond acceptors (Lipinski definition) is 4. The predicted molar refractivity (Wildman–Crippen MR) is 134 cm³/mol. The van der Waals surface area contributed by atoms with Gasteiger partial charge in [-0.25, -0.2) is 8.42 Å². The number of ether oxygens (including phenoxy) is 1. The van der Waals surface area contributed by atoms with Gasteiger partial charge in [0.05, 0.1) is 23.2 Å². The van der Waals surface area contributed by atoms with Crippen LogP contribution < -0.4 is 14.4 Å². The van der Waals surface area contributed by atoms with Crippen LogP contribution in [0.3, 0.4) is 0 Å². The molecule has 2 atom stereocenters. The molecule has 1 amide bonds. The Morgan fingerprint density at radius 2 is 1.65 bits per heavy atom. The monoisotopic (exact) mass is 478 g/mol. The first-order valence-corrected chi connectivity index (χ1v) is 12.7. The second kappa shape index (κ2) is 9.14. The van der Waals surface area contributed by atoms with Crippen LogP contribution in [0.25, 0.3) is 0 Å². The molecule has 3 aromatic rings. The number of carbonyl (C=O) groups excluding carboxylic acids is 1. The zero-order valence-corrected chi connectivity index (χ0v) is 20.9. The first-order chi connectivity index (χ1) is 16.1. The molecular weight excluding hydrogens is 448 g/mol. The number of sulfonamides is 1. The van der Waals surface area contributed by atoms with Gasteiger partial charge in [-0.3, -0.25) is 9.10 Å². The summed E-state index contributed by atoms with van der Waals surface area (Å²) in [6, 6.07) is 17.5. The first-order valence-electron chi connectivity index (χ1n) is 11.3. The average Bonchev–Trinajstić information content (AvgIpc) is 2.81. The van der Waals surface area contributed by atoms with E-state index in [9.17, 15) is 13.2 Å². The van der Waals surface area contributed by atoms with Crippen molar-refractivity contribution >= 4 is 21.6 Å². The second-order valence-electron chi connectivity index (χ2n) is 8.95. The number of hydrogen-bond donors (Lipinski definition) is 1. The summed E-state index contributed by atoms with van der Waals surface area (Å²) in [5.41, 5.74) is 5.80. The van der Waals surface area contributed by atoms with E-state index in [1.807, 2.05) is 33.8 Å². The van der Waals surface area contributed by atoms with E-state index in [1.54, 1.807) is 42.5 Å². The van der Waals surface area contributed by atoms with Crippen molar-refractivity contribution in [3.05, 3.63) is 88.5 Å². The Labute approximate surface area is 201 Å². The van der Waals surface area contributed by atoms with Gasteiger partial charge in [0.2, 0.25) is 0 Å². The molecule has 0 saturated heterocycles. The van der Waals surface area contributed by atoms with Crippen molar-refractivity contribution in [1.82, 2.24) is 5.32 Å². The molecule has 0 radical (unpaired) electrons. The molecule has 4 rings (SSSR count). The summed E-state index contributed by atoms with van der Waals surface area (Å²) in [5.74, 6) is 0.0103. The lowest BCUT2D eigenvalue weighted by Gasteiger charge is -2.35. The van der Waals surface area contributed by atoms with Crippen LogP contribution in [-0.2, 0) is 14.8 Å². The second-order valence-corrected chi connectivity index (χ2v) is 10.8. The summed E-state index contributed by atoms with van der Waals surface area (Å²) in [7, 11) is -3.88. The van der Waals surface area contributed by atoms with Gasteiger partial charge >= 0.3 is 0 Å². The molecule has 0 bridgehead atoms. The molecule has 0 unspecified atom stereocenters. The van der Waals surface area contributed by atoms with E-state index in [-0.39, 0.29) is 23.4 Å². The maximum atomic E-state index is 13.5. The Morgan fingerprint density at radius 3 is 2.35 bits per heavy atom. The van der Waals surface area contributed by atoms with Crippen LogP contribution >= 0.6 is 0 Å². The molecular formula is C27H30N2O4S. The minimum absolute atomic E-state index is 0.113. The number of carbonyl (C=O) groups is 1. The van der Waals surface area contributed by atoms with Crippen LogP contribution in [0.1, 0.15) is 40.8 Å². The fourth-order valence-corrected chi connectivity index (χ4v) is 5.77. The highest BCUT2D eigenvalue weighted by Gasteiger charge is 2.38. The van der Waals surface area contributed by atoms with Crippen LogP contribution in [0.15, 0.2) is 65.6 Å². The zero-order chi connectivity index (χ0) is 24.6. The highest BCUT2D eigenvalue weighted by molar-refractivity contribution is 7.92. The maximum Gasteiger partial charge on any atom is 0.264 e. The Balaban J connectivity index is 1.64. The Hall–Kier alpha value is -3.32. The number of nitrogens with zero attached hydrogens (tertiary/aromatic N) is 1. The van der Waals surface area contributed by atoms with Gasteiger partial charge in [-0.05, 0) is 86.7 Å². The van der Waals surface area contributed by atoms with Crippen LogP contribution in [0, 0.1) is 27.7 Å². The quantitative estimate of drug-likeness (QED) is 0.574. The normalized spacial score (nSPS) is 16.4. The van der Waals surface area contributed by atoms with Crippen LogP contribution in [0.2, 0.25) is 0 Å². The van der Waals surface area contributed by atoms with Crippen molar-refractivity contribution in [2.24, 2.45) is 0 Å². The Kier molecular flexibility index (Phi) is 6.41. The van der Waals surface area contributed by atoms with Crippen molar-refractivity contribution in [2.45, 2.75) is 51.7 Å². The number of aryl methyl sites for hydroxylation is 4. The Bertz CT molecular complexity index is 1340. The zero-order valence-electron chi connectivity index (χ0n) is 20.1. The van der Waals surface area contributed by atoms with E-state index in [1.165, 1.54) is 9.87 Å². The molecule has 3 aromatic carbocycles. The molecule has 1 aliphatic rings. The van der Waals surface area contributed by atoms with Gasteiger partial charge in [-0.2, -0.15) is 0 Å². The summed E-state index contributed by atoms with van der Waals surface area (Å²) >= 11 is 0. The van der Waals surface area contributed by atoms with Crippen molar-refractivity contribution in [2.75, 3.05) is 10.8 Å². The molecule has 7 heteroatoms. The minimum atomic E-state index is -3.88. The number of rotatable bonds is 5. The topological polar surface area (TPSA) is 75.7 Å². The molecule has 1 aliphatic heterocycles. The summed E-state index contributed by atoms with van der Waals surface area (Å²) in [5, 5.41) is 3.02. The van der Waals surface area contributed by atoms with Gasteiger partial charge in [0.25, 0.3) is 15.9 Å². The highest BCUT2D eigenvalue weighted by atomic mass is 32.2. The van der Waals surface area contributed by atoms with Crippen LogP contribution in [0.4, 0.5) is 5.69 Å². The third-order valence-electron chi connectivity index (χ3n) is 6.32. The number of anilines is 1.